The number of rotatable bonds is 6. The van der Waals surface area contributed by atoms with Crippen LogP contribution in [0, 0.1) is 0 Å². The van der Waals surface area contributed by atoms with E-state index < -0.39 is 5.97 Å². The molecule has 0 bridgehead atoms. The third kappa shape index (κ3) is 3.23. The van der Waals surface area contributed by atoms with E-state index in [-0.39, 0.29) is 11.6 Å². The van der Waals surface area contributed by atoms with Crippen molar-refractivity contribution < 1.29 is 14.3 Å². The maximum absolute atomic E-state index is 11.0. The minimum atomic E-state index is -0.955. The van der Waals surface area contributed by atoms with Gasteiger partial charge in [0.15, 0.2) is 0 Å². The fourth-order valence-corrected chi connectivity index (χ4v) is 1.92. The van der Waals surface area contributed by atoms with Crippen molar-refractivity contribution in [2.75, 3.05) is 0 Å². The highest BCUT2D eigenvalue weighted by molar-refractivity contribution is 5.88. The number of aromatic carboxylic acids is 1. The van der Waals surface area contributed by atoms with Crippen LogP contribution in [0.5, 0.6) is 0 Å². The Hall–Kier alpha value is -2.08. The van der Waals surface area contributed by atoms with Crippen molar-refractivity contribution in [2.45, 2.75) is 25.9 Å². The minimum Gasteiger partial charge on any atom is -0.478 e. The van der Waals surface area contributed by atoms with E-state index in [0.29, 0.717) is 12.2 Å². The van der Waals surface area contributed by atoms with Gasteiger partial charge in [0.25, 0.3) is 0 Å². The van der Waals surface area contributed by atoms with Gasteiger partial charge in [-0.15, -0.1) is 0 Å². The molecule has 2 aromatic rings. The monoisotopic (exact) mass is 263 g/mol. The van der Waals surface area contributed by atoms with Gasteiger partial charge in [-0.2, -0.15) is 5.10 Å². The molecule has 1 atom stereocenters. The van der Waals surface area contributed by atoms with Gasteiger partial charge in [-0.05, 0) is 19.1 Å². The normalized spacial score (nSPS) is 12.5. The second kappa shape index (κ2) is 5.71. The van der Waals surface area contributed by atoms with E-state index in [9.17, 15) is 4.79 Å². The lowest BCUT2D eigenvalue weighted by Gasteiger charge is -2.13. The lowest BCUT2D eigenvalue weighted by atomic mass is 10.2. The summed E-state index contributed by atoms with van der Waals surface area (Å²) in [5.74, 6) is -0.0490. The highest BCUT2D eigenvalue weighted by Crippen LogP contribution is 2.09. The summed E-state index contributed by atoms with van der Waals surface area (Å²) in [4.78, 5) is 11.0. The second-order valence-corrected chi connectivity index (χ2v) is 4.50. The fourth-order valence-electron chi connectivity index (χ4n) is 1.92. The molecule has 0 aliphatic rings. The average molecular weight is 263 g/mol. The molecule has 0 aliphatic heterocycles. The first-order chi connectivity index (χ1) is 9.08. The molecule has 6 nitrogen and oxygen atoms in total. The molecule has 1 unspecified atom stereocenters. The third-order valence-electron chi connectivity index (χ3n) is 3.00. The van der Waals surface area contributed by atoms with Crippen molar-refractivity contribution in [2.24, 2.45) is 7.05 Å². The SMILES string of the molecule is CC(Cc1ccco1)NCc1c(C(=O)O)cnn1C. The molecule has 2 N–H and O–H groups in total. The van der Waals surface area contributed by atoms with Crippen LogP contribution in [-0.2, 0) is 20.0 Å². The van der Waals surface area contributed by atoms with Gasteiger partial charge in [0.1, 0.15) is 11.3 Å². The highest BCUT2D eigenvalue weighted by atomic mass is 16.4. The average Bonchev–Trinajstić information content (AvgIpc) is 2.96. The standard InChI is InChI=1S/C13H17N3O3/c1-9(6-10-4-3-5-19-10)14-8-12-11(13(17)18)7-15-16(12)2/h3-5,7,9,14H,6,8H2,1-2H3,(H,17,18). The van der Waals surface area contributed by atoms with Crippen LogP contribution in [-0.4, -0.2) is 26.9 Å². The van der Waals surface area contributed by atoms with Gasteiger partial charge in [0.2, 0.25) is 0 Å². The second-order valence-electron chi connectivity index (χ2n) is 4.50. The number of nitrogens with one attached hydrogen (secondary N) is 1. The Morgan fingerprint density at radius 1 is 1.63 bits per heavy atom. The summed E-state index contributed by atoms with van der Waals surface area (Å²) >= 11 is 0. The number of hydrogen-bond acceptors (Lipinski definition) is 4. The van der Waals surface area contributed by atoms with Gasteiger partial charge in [0, 0.05) is 26.1 Å². The Labute approximate surface area is 111 Å². The van der Waals surface area contributed by atoms with Gasteiger partial charge in [-0.1, -0.05) is 0 Å². The predicted molar refractivity (Wildman–Crippen MR) is 68.9 cm³/mol. The van der Waals surface area contributed by atoms with E-state index in [4.69, 9.17) is 9.52 Å². The molecule has 0 spiro atoms. The summed E-state index contributed by atoms with van der Waals surface area (Å²) in [5.41, 5.74) is 0.902. The van der Waals surface area contributed by atoms with Crippen molar-refractivity contribution in [3.8, 4) is 0 Å². The molecule has 0 saturated heterocycles. The molecular formula is C13H17N3O3. The predicted octanol–water partition coefficient (Wildman–Crippen LogP) is 1.43. The first-order valence-corrected chi connectivity index (χ1v) is 6.08. The van der Waals surface area contributed by atoms with Crippen LogP contribution in [0.1, 0.15) is 28.7 Å². The molecule has 0 aliphatic carbocycles. The summed E-state index contributed by atoms with van der Waals surface area (Å²) in [6.07, 6.45) is 3.77. The Morgan fingerprint density at radius 3 is 3.05 bits per heavy atom. The van der Waals surface area contributed by atoms with Crippen LogP contribution < -0.4 is 5.32 Å². The largest absolute Gasteiger partial charge is 0.478 e. The Balaban J connectivity index is 1.95. The van der Waals surface area contributed by atoms with Gasteiger partial charge < -0.3 is 14.8 Å². The molecule has 2 aromatic heterocycles. The first-order valence-electron chi connectivity index (χ1n) is 6.08. The number of aromatic nitrogens is 2. The fraction of sp³-hybridized carbons (Fsp3) is 0.385. The number of furan rings is 1. The maximum atomic E-state index is 11.0. The van der Waals surface area contributed by atoms with E-state index in [1.54, 1.807) is 18.0 Å². The number of nitrogens with zero attached hydrogens (tertiary/aromatic N) is 2. The van der Waals surface area contributed by atoms with Crippen molar-refractivity contribution in [3.05, 3.63) is 41.6 Å². The van der Waals surface area contributed by atoms with Gasteiger partial charge >= 0.3 is 5.97 Å². The molecule has 6 heteroatoms. The molecular weight excluding hydrogens is 246 g/mol. The zero-order valence-corrected chi connectivity index (χ0v) is 11.0. The van der Waals surface area contributed by atoms with Crippen LogP contribution in [0.2, 0.25) is 0 Å². The van der Waals surface area contributed by atoms with Crippen molar-refractivity contribution in [1.29, 1.82) is 0 Å². The van der Waals surface area contributed by atoms with Crippen LogP contribution in [0.4, 0.5) is 0 Å². The maximum Gasteiger partial charge on any atom is 0.339 e. The van der Waals surface area contributed by atoms with Crippen LogP contribution in [0.15, 0.2) is 29.0 Å². The molecule has 19 heavy (non-hydrogen) atoms. The van der Waals surface area contributed by atoms with Crippen molar-refractivity contribution in [3.63, 3.8) is 0 Å². The number of carbonyl (C=O) groups is 1. The number of carboxylic acids is 1. The zero-order valence-electron chi connectivity index (χ0n) is 11.0. The minimum absolute atomic E-state index is 0.183. The molecule has 0 radical (unpaired) electrons. The molecule has 2 rings (SSSR count). The Bertz CT molecular complexity index is 545. The van der Waals surface area contributed by atoms with Gasteiger partial charge in [0.05, 0.1) is 18.2 Å². The molecule has 0 aromatic carbocycles. The Morgan fingerprint density at radius 2 is 2.42 bits per heavy atom. The van der Waals surface area contributed by atoms with Gasteiger partial charge in [-0.25, -0.2) is 4.79 Å². The smallest absolute Gasteiger partial charge is 0.339 e. The van der Waals surface area contributed by atoms with E-state index in [1.165, 1.54) is 6.20 Å². The highest BCUT2D eigenvalue weighted by Gasteiger charge is 2.15. The lowest BCUT2D eigenvalue weighted by molar-refractivity contribution is 0.0695. The van der Waals surface area contributed by atoms with Crippen LogP contribution in [0.25, 0.3) is 0 Å². The number of carboxylic acid groups (broad SMARTS) is 1. The molecule has 2 heterocycles. The zero-order chi connectivity index (χ0) is 13.8. The summed E-state index contributed by atoms with van der Waals surface area (Å²) in [6, 6.07) is 3.96. The van der Waals surface area contributed by atoms with Crippen molar-refractivity contribution in [1.82, 2.24) is 15.1 Å². The lowest BCUT2D eigenvalue weighted by Crippen LogP contribution is -2.29. The van der Waals surface area contributed by atoms with Crippen LogP contribution >= 0.6 is 0 Å². The third-order valence-corrected chi connectivity index (χ3v) is 3.00. The van der Waals surface area contributed by atoms with Gasteiger partial charge in [-0.3, -0.25) is 4.68 Å². The number of hydrogen-bond donors (Lipinski definition) is 2. The first kappa shape index (κ1) is 13.4. The van der Waals surface area contributed by atoms with Crippen LogP contribution in [0.3, 0.4) is 0 Å². The quantitative estimate of drug-likeness (QED) is 0.824. The number of aryl methyl sites for hydroxylation is 1. The summed E-state index contributed by atoms with van der Waals surface area (Å²) in [7, 11) is 1.74. The van der Waals surface area contributed by atoms with Crippen molar-refractivity contribution >= 4 is 5.97 Å². The summed E-state index contributed by atoms with van der Waals surface area (Å²) in [5, 5.41) is 16.3. The summed E-state index contributed by atoms with van der Waals surface area (Å²) in [6.45, 7) is 2.49. The van der Waals surface area contributed by atoms with E-state index in [1.807, 2.05) is 19.1 Å². The Kier molecular flexibility index (Phi) is 4.01. The molecule has 0 saturated carbocycles. The topological polar surface area (TPSA) is 80.3 Å². The van der Waals surface area contributed by atoms with E-state index >= 15 is 0 Å². The van der Waals surface area contributed by atoms with E-state index in [2.05, 4.69) is 10.4 Å². The molecule has 102 valence electrons. The summed E-state index contributed by atoms with van der Waals surface area (Å²) < 4.78 is 6.85. The molecule has 0 amide bonds. The van der Waals surface area contributed by atoms with E-state index in [0.717, 1.165) is 12.2 Å². The molecule has 0 fully saturated rings.